The first kappa shape index (κ1) is 17.1. The van der Waals surface area contributed by atoms with Gasteiger partial charge in [-0.3, -0.25) is 15.0 Å². The summed E-state index contributed by atoms with van der Waals surface area (Å²) in [6, 6.07) is 12.2. The lowest BCUT2D eigenvalue weighted by atomic mass is 10.1. The second-order valence-corrected chi connectivity index (χ2v) is 8.02. The van der Waals surface area contributed by atoms with Gasteiger partial charge in [-0.25, -0.2) is 4.98 Å². The van der Waals surface area contributed by atoms with E-state index in [1.54, 1.807) is 11.3 Å². The number of carbonyl (C=O) groups is 1. The van der Waals surface area contributed by atoms with Gasteiger partial charge in [-0.15, -0.1) is 11.3 Å². The summed E-state index contributed by atoms with van der Waals surface area (Å²) >= 11 is 3.11. The van der Waals surface area contributed by atoms with Crippen LogP contribution in [-0.2, 0) is 13.0 Å². The van der Waals surface area contributed by atoms with E-state index in [0.29, 0.717) is 10.7 Å². The van der Waals surface area contributed by atoms with Crippen molar-refractivity contribution in [2.45, 2.75) is 13.0 Å². The number of nitrogens with zero attached hydrogens (tertiary/aromatic N) is 2. The van der Waals surface area contributed by atoms with Crippen molar-refractivity contribution < 1.29 is 4.79 Å². The predicted molar refractivity (Wildman–Crippen MR) is 109 cm³/mol. The number of thiophene rings is 1. The van der Waals surface area contributed by atoms with Crippen molar-refractivity contribution >= 4 is 39.8 Å². The Kier molecular flexibility index (Phi) is 5.24. The first-order valence-electron chi connectivity index (χ1n) is 8.54. The summed E-state index contributed by atoms with van der Waals surface area (Å²) in [5.74, 6) is -0.0833. The molecule has 26 heavy (non-hydrogen) atoms. The maximum Gasteiger partial charge on any atom is 0.258 e. The molecule has 1 N–H and O–H groups in total. The van der Waals surface area contributed by atoms with Crippen LogP contribution in [0.1, 0.15) is 26.5 Å². The van der Waals surface area contributed by atoms with Gasteiger partial charge in [0.05, 0.1) is 11.3 Å². The molecule has 0 aliphatic carbocycles. The lowest BCUT2D eigenvalue weighted by Crippen LogP contribution is -2.29. The van der Waals surface area contributed by atoms with Crippen LogP contribution in [0.15, 0.2) is 53.2 Å². The lowest BCUT2D eigenvalue weighted by Gasteiger charge is -2.24. The molecular formula is C20H19N3OS2. The van der Waals surface area contributed by atoms with Crippen LogP contribution in [0.3, 0.4) is 0 Å². The fourth-order valence-electron chi connectivity index (χ4n) is 2.92. The molecule has 3 heterocycles. The Morgan fingerprint density at radius 3 is 2.96 bits per heavy atom. The van der Waals surface area contributed by atoms with Gasteiger partial charge in [0.1, 0.15) is 0 Å². The molecule has 0 saturated carbocycles. The second-order valence-electron chi connectivity index (χ2n) is 6.15. The first-order valence-corrected chi connectivity index (χ1v) is 10.3. The second kappa shape index (κ2) is 7.95. The van der Waals surface area contributed by atoms with Gasteiger partial charge in [-0.1, -0.05) is 42.5 Å². The zero-order valence-corrected chi connectivity index (χ0v) is 15.9. The van der Waals surface area contributed by atoms with Crippen LogP contribution in [0, 0.1) is 0 Å². The number of aromatic nitrogens is 1. The third-order valence-corrected chi connectivity index (χ3v) is 5.97. The van der Waals surface area contributed by atoms with Crippen molar-refractivity contribution in [3.05, 3.63) is 74.9 Å². The summed E-state index contributed by atoms with van der Waals surface area (Å²) in [6.07, 6.45) is 5.30. The van der Waals surface area contributed by atoms with E-state index in [1.165, 1.54) is 21.8 Å². The van der Waals surface area contributed by atoms with E-state index in [4.69, 9.17) is 0 Å². The molecule has 1 aromatic carbocycles. The van der Waals surface area contributed by atoms with Crippen molar-refractivity contribution in [3.8, 4) is 0 Å². The van der Waals surface area contributed by atoms with Gasteiger partial charge >= 0.3 is 0 Å². The Morgan fingerprint density at radius 2 is 2.15 bits per heavy atom. The molecule has 0 atom stereocenters. The maximum absolute atomic E-state index is 12.2. The SMILES string of the molecule is O=C(Nc1nc2c(s1)CN(C/C=C/c1ccccc1)CC2)c1ccsc1. The molecular weight excluding hydrogens is 362 g/mol. The van der Waals surface area contributed by atoms with Crippen LogP contribution in [0.4, 0.5) is 5.13 Å². The summed E-state index contributed by atoms with van der Waals surface area (Å²) in [5.41, 5.74) is 3.04. The Hall–Kier alpha value is -2.28. The minimum Gasteiger partial charge on any atom is -0.298 e. The summed E-state index contributed by atoms with van der Waals surface area (Å²) in [6.45, 7) is 2.80. The van der Waals surface area contributed by atoms with Crippen LogP contribution < -0.4 is 5.32 Å². The van der Waals surface area contributed by atoms with E-state index in [0.717, 1.165) is 31.7 Å². The van der Waals surface area contributed by atoms with E-state index < -0.39 is 0 Å². The summed E-state index contributed by atoms with van der Waals surface area (Å²) in [5, 5.41) is 7.38. The molecule has 2 aromatic heterocycles. The Balaban J connectivity index is 1.36. The number of nitrogens with one attached hydrogen (secondary N) is 1. The third-order valence-electron chi connectivity index (χ3n) is 4.29. The average molecular weight is 382 g/mol. The minimum atomic E-state index is -0.0833. The number of thiazole rings is 1. The smallest absolute Gasteiger partial charge is 0.258 e. The number of benzene rings is 1. The van der Waals surface area contributed by atoms with Crippen molar-refractivity contribution in [1.82, 2.24) is 9.88 Å². The fourth-order valence-corrected chi connectivity index (χ4v) is 4.60. The zero-order chi connectivity index (χ0) is 17.8. The monoisotopic (exact) mass is 381 g/mol. The largest absolute Gasteiger partial charge is 0.298 e. The molecule has 0 bridgehead atoms. The topological polar surface area (TPSA) is 45.2 Å². The Morgan fingerprint density at radius 1 is 1.27 bits per heavy atom. The number of hydrogen-bond acceptors (Lipinski definition) is 5. The van der Waals surface area contributed by atoms with Crippen molar-refractivity contribution in [1.29, 1.82) is 0 Å². The van der Waals surface area contributed by atoms with E-state index in [-0.39, 0.29) is 5.91 Å². The van der Waals surface area contributed by atoms with E-state index in [9.17, 15) is 4.79 Å². The Bertz CT molecular complexity index is 901. The number of hydrogen-bond donors (Lipinski definition) is 1. The van der Waals surface area contributed by atoms with Crippen molar-refractivity contribution in [2.75, 3.05) is 18.4 Å². The molecule has 1 aliphatic rings. The molecule has 6 heteroatoms. The summed E-state index contributed by atoms with van der Waals surface area (Å²) in [7, 11) is 0. The summed E-state index contributed by atoms with van der Waals surface area (Å²) in [4.78, 5) is 20.4. The molecule has 0 saturated heterocycles. The highest BCUT2D eigenvalue weighted by atomic mass is 32.1. The van der Waals surface area contributed by atoms with E-state index >= 15 is 0 Å². The molecule has 4 rings (SSSR count). The van der Waals surface area contributed by atoms with Crippen LogP contribution >= 0.6 is 22.7 Å². The minimum absolute atomic E-state index is 0.0833. The van der Waals surface area contributed by atoms with Crippen molar-refractivity contribution in [2.24, 2.45) is 0 Å². The van der Waals surface area contributed by atoms with Gasteiger partial charge in [-0.2, -0.15) is 11.3 Å². The number of rotatable bonds is 5. The van der Waals surface area contributed by atoms with Gasteiger partial charge in [0, 0.05) is 36.3 Å². The highest BCUT2D eigenvalue weighted by molar-refractivity contribution is 7.16. The molecule has 1 aliphatic heterocycles. The van der Waals surface area contributed by atoms with Gasteiger partial charge < -0.3 is 0 Å². The molecule has 3 aromatic rings. The summed E-state index contributed by atoms with van der Waals surface area (Å²) < 4.78 is 0. The van der Waals surface area contributed by atoms with Crippen LogP contribution in [0.5, 0.6) is 0 Å². The molecule has 132 valence electrons. The number of anilines is 1. The van der Waals surface area contributed by atoms with Crippen LogP contribution in [-0.4, -0.2) is 28.9 Å². The predicted octanol–water partition coefficient (Wildman–Crippen LogP) is 4.53. The van der Waals surface area contributed by atoms with E-state index in [1.807, 2.05) is 22.9 Å². The normalized spacial score (nSPS) is 14.5. The Labute approximate surface area is 160 Å². The highest BCUT2D eigenvalue weighted by Crippen LogP contribution is 2.28. The highest BCUT2D eigenvalue weighted by Gasteiger charge is 2.21. The van der Waals surface area contributed by atoms with Crippen LogP contribution in [0.25, 0.3) is 6.08 Å². The molecule has 0 fully saturated rings. The zero-order valence-electron chi connectivity index (χ0n) is 14.2. The molecule has 0 unspecified atom stereocenters. The maximum atomic E-state index is 12.2. The standard InChI is InChI=1S/C20H19N3OS2/c24-19(16-9-12-25-14-16)22-20-21-17-8-11-23(13-18(17)26-20)10-4-7-15-5-2-1-3-6-15/h1-7,9,12,14H,8,10-11,13H2,(H,21,22,24)/b7-4+. The quantitative estimate of drug-likeness (QED) is 0.706. The lowest BCUT2D eigenvalue weighted by molar-refractivity contribution is 0.102. The molecule has 4 nitrogen and oxygen atoms in total. The number of fused-ring (bicyclic) bond motifs is 1. The van der Waals surface area contributed by atoms with Gasteiger partial charge in [0.2, 0.25) is 0 Å². The van der Waals surface area contributed by atoms with Crippen molar-refractivity contribution in [3.63, 3.8) is 0 Å². The van der Waals surface area contributed by atoms with Gasteiger partial charge in [0.25, 0.3) is 5.91 Å². The van der Waals surface area contributed by atoms with Gasteiger partial charge in [0.15, 0.2) is 5.13 Å². The average Bonchev–Trinajstić information content (AvgIpc) is 3.31. The number of amides is 1. The fraction of sp³-hybridized carbons (Fsp3) is 0.200. The van der Waals surface area contributed by atoms with E-state index in [2.05, 4.69) is 51.6 Å². The van der Waals surface area contributed by atoms with Gasteiger partial charge in [-0.05, 0) is 17.0 Å². The third kappa shape index (κ3) is 4.09. The molecule has 0 spiro atoms. The molecule has 1 amide bonds. The first-order chi connectivity index (χ1) is 12.8. The number of carbonyl (C=O) groups excluding carboxylic acids is 1. The molecule has 0 radical (unpaired) electrons. The van der Waals surface area contributed by atoms with Crippen LogP contribution in [0.2, 0.25) is 0 Å².